The third-order valence-electron chi connectivity index (χ3n) is 5.50. The first-order valence-electron chi connectivity index (χ1n) is 11.3. The van der Waals surface area contributed by atoms with Crippen LogP contribution < -0.4 is 15.4 Å². The van der Waals surface area contributed by atoms with Crippen molar-refractivity contribution in [2.75, 3.05) is 26.2 Å². The van der Waals surface area contributed by atoms with Gasteiger partial charge in [-0.05, 0) is 30.7 Å². The highest BCUT2D eigenvalue weighted by atomic mass is 32.1. The second-order valence-electron chi connectivity index (χ2n) is 7.98. The Bertz CT molecular complexity index is 1180. The molecule has 0 saturated carbocycles. The molecule has 35 heavy (non-hydrogen) atoms. The van der Waals surface area contributed by atoms with Crippen LogP contribution in [0, 0.1) is 0 Å². The van der Waals surface area contributed by atoms with E-state index in [2.05, 4.69) is 15.6 Å². The molecule has 1 atom stereocenters. The second kappa shape index (κ2) is 11.6. The van der Waals surface area contributed by atoms with Crippen LogP contribution in [0.15, 0.2) is 60.0 Å². The van der Waals surface area contributed by atoms with Gasteiger partial charge in [-0.2, -0.15) is 0 Å². The van der Waals surface area contributed by atoms with Crippen molar-refractivity contribution < 1.29 is 24.2 Å². The van der Waals surface area contributed by atoms with Crippen molar-refractivity contribution in [1.82, 2.24) is 20.5 Å². The van der Waals surface area contributed by atoms with Gasteiger partial charge in [0.05, 0.1) is 5.56 Å². The minimum Gasteiger partial charge on any atom is -0.481 e. The number of hydrogen-bond donors (Lipinski definition) is 3. The predicted octanol–water partition coefficient (Wildman–Crippen LogP) is 3.00. The molecule has 0 bridgehead atoms. The number of para-hydroxylation sites is 2. The van der Waals surface area contributed by atoms with Crippen LogP contribution in [0.3, 0.4) is 0 Å². The standard InChI is InChI=1S/C25H26N4O5S/c30-22(31)11-10-19(25(33)29-14-12-26-13-15-29)27-23(32)20-16-35-24(28-20)18-8-4-5-9-21(18)34-17-6-2-1-3-7-17/h1-9,16,19,26H,10-15H2,(H,27,32)(H,30,31). The molecule has 1 saturated heterocycles. The van der Waals surface area contributed by atoms with Gasteiger partial charge in [0.1, 0.15) is 28.2 Å². The number of nitrogens with zero attached hydrogens (tertiary/aromatic N) is 2. The fraction of sp³-hybridized carbons (Fsp3) is 0.280. The summed E-state index contributed by atoms with van der Waals surface area (Å²) < 4.78 is 6.01. The molecule has 1 aliphatic heterocycles. The van der Waals surface area contributed by atoms with Gasteiger partial charge in [0, 0.05) is 38.0 Å². The average molecular weight is 495 g/mol. The van der Waals surface area contributed by atoms with E-state index in [4.69, 9.17) is 9.84 Å². The minimum absolute atomic E-state index is 0.00851. The molecule has 10 heteroatoms. The number of carbonyl (C=O) groups is 3. The van der Waals surface area contributed by atoms with Crippen molar-refractivity contribution in [3.05, 3.63) is 65.7 Å². The number of piperazine rings is 1. The lowest BCUT2D eigenvalue weighted by molar-refractivity contribution is -0.138. The Balaban J connectivity index is 1.49. The van der Waals surface area contributed by atoms with E-state index in [1.54, 1.807) is 10.3 Å². The summed E-state index contributed by atoms with van der Waals surface area (Å²) in [6, 6.07) is 15.9. The van der Waals surface area contributed by atoms with Gasteiger partial charge in [0.2, 0.25) is 5.91 Å². The van der Waals surface area contributed by atoms with Crippen molar-refractivity contribution in [2.45, 2.75) is 18.9 Å². The molecule has 1 aromatic heterocycles. The lowest BCUT2D eigenvalue weighted by atomic mass is 10.1. The smallest absolute Gasteiger partial charge is 0.303 e. The number of carbonyl (C=O) groups excluding carboxylic acids is 2. The zero-order chi connectivity index (χ0) is 24.6. The lowest BCUT2D eigenvalue weighted by Crippen LogP contribution is -2.54. The van der Waals surface area contributed by atoms with Crippen LogP contribution in [-0.4, -0.2) is 65.0 Å². The Morgan fingerprint density at radius 1 is 1.09 bits per heavy atom. The van der Waals surface area contributed by atoms with Crippen LogP contribution >= 0.6 is 11.3 Å². The molecular weight excluding hydrogens is 468 g/mol. The van der Waals surface area contributed by atoms with Gasteiger partial charge in [-0.1, -0.05) is 30.3 Å². The minimum atomic E-state index is -1.02. The topological polar surface area (TPSA) is 121 Å². The molecule has 1 aliphatic rings. The van der Waals surface area contributed by atoms with E-state index in [9.17, 15) is 14.4 Å². The molecule has 4 rings (SSSR count). The first-order chi connectivity index (χ1) is 17.0. The molecule has 1 fully saturated rings. The Labute approximate surface area is 206 Å². The molecule has 1 unspecified atom stereocenters. The summed E-state index contributed by atoms with van der Waals surface area (Å²) in [5.41, 5.74) is 0.896. The van der Waals surface area contributed by atoms with Crippen LogP contribution in [0.4, 0.5) is 0 Å². The van der Waals surface area contributed by atoms with E-state index in [1.165, 1.54) is 11.3 Å². The number of ether oxygens (including phenoxy) is 1. The van der Waals surface area contributed by atoms with Crippen molar-refractivity contribution in [3.8, 4) is 22.1 Å². The first kappa shape index (κ1) is 24.4. The molecule has 0 radical (unpaired) electrons. The number of hydrogen-bond acceptors (Lipinski definition) is 7. The lowest BCUT2D eigenvalue weighted by Gasteiger charge is -2.31. The van der Waals surface area contributed by atoms with Gasteiger partial charge < -0.3 is 25.4 Å². The molecular formula is C25H26N4O5S. The Morgan fingerprint density at radius 2 is 1.80 bits per heavy atom. The quantitative estimate of drug-likeness (QED) is 0.418. The highest BCUT2D eigenvalue weighted by Crippen LogP contribution is 2.34. The molecule has 2 amide bonds. The van der Waals surface area contributed by atoms with Crippen LogP contribution in [0.2, 0.25) is 0 Å². The molecule has 0 spiro atoms. The Morgan fingerprint density at radius 3 is 2.54 bits per heavy atom. The maximum Gasteiger partial charge on any atom is 0.303 e. The predicted molar refractivity (Wildman–Crippen MR) is 132 cm³/mol. The van der Waals surface area contributed by atoms with Gasteiger partial charge >= 0.3 is 5.97 Å². The summed E-state index contributed by atoms with van der Waals surface area (Å²) in [4.78, 5) is 43.2. The normalized spacial score (nSPS) is 14.2. The Kier molecular flexibility index (Phi) is 8.07. The summed E-state index contributed by atoms with van der Waals surface area (Å²) in [5, 5.41) is 17.2. The van der Waals surface area contributed by atoms with Crippen LogP contribution in [0.1, 0.15) is 23.3 Å². The van der Waals surface area contributed by atoms with E-state index in [0.29, 0.717) is 42.7 Å². The summed E-state index contributed by atoms with van der Waals surface area (Å²) in [6.45, 7) is 2.34. The monoisotopic (exact) mass is 494 g/mol. The van der Waals surface area contributed by atoms with E-state index < -0.39 is 17.9 Å². The van der Waals surface area contributed by atoms with Gasteiger partial charge in [-0.3, -0.25) is 14.4 Å². The number of carboxylic acid groups (broad SMARTS) is 1. The summed E-state index contributed by atoms with van der Waals surface area (Å²) in [5.74, 6) is -0.537. The third-order valence-corrected chi connectivity index (χ3v) is 6.38. The summed E-state index contributed by atoms with van der Waals surface area (Å²) in [6.07, 6.45) is -0.218. The van der Waals surface area contributed by atoms with Gasteiger partial charge in [0.25, 0.3) is 5.91 Å². The zero-order valence-electron chi connectivity index (χ0n) is 19.0. The number of amides is 2. The van der Waals surface area contributed by atoms with Gasteiger partial charge in [-0.15, -0.1) is 11.3 Å². The molecule has 2 heterocycles. The number of rotatable bonds is 9. The molecule has 2 aromatic carbocycles. The van der Waals surface area contributed by atoms with Crippen molar-refractivity contribution >= 4 is 29.1 Å². The fourth-order valence-electron chi connectivity index (χ4n) is 3.71. The Hall–Kier alpha value is -3.76. The highest BCUT2D eigenvalue weighted by Gasteiger charge is 2.28. The number of aromatic nitrogens is 1. The third kappa shape index (κ3) is 6.43. The SMILES string of the molecule is O=C(O)CCC(NC(=O)c1csc(-c2ccccc2Oc2ccccc2)n1)C(=O)N1CCNCC1. The largest absolute Gasteiger partial charge is 0.481 e. The molecule has 0 aliphatic carbocycles. The summed E-state index contributed by atoms with van der Waals surface area (Å²) in [7, 11) is 0. The number of thiazole rings is 1. The fourth-order valence-corrected chi connectivity index (χ4v) is 4.54. The number of aliphatic carboxylic acids is 1. The molecule has 182 valence electrons. The van der Waals surface area contributed by atoms with Crippen molar-refractivity contribution in [1.29, 1.82) is 0 Å². The highest BCUT2D eigenvalue weighted by molar-refractivity contribution is 7.13. The first-order valence-corrected chi connectivity index (χ1v) is 12.2. The van der Waals surface area contributed by atoms with Gasteiger partial charge in [-0.25, -0.2) is 4.98 Å². The number of nitrogens with one attached hydrogen (secondary N) is 2. The van der Waals surface area contributed by atoms with E-state index in [-0.39, 0.29) is 24.4 Å². The van der Waals surface area contributed by atoms with Crippen LogP contribution in [-0.2, 0) is 9.59 Å². The number of carboxylic acids is 1. The van der Waals surface area contributed by atoms with Gasteiger partial charge in [0.15, 0.2) is 0 Å². The summed E-state index contributed by atoms with van der Waals surface area (Å²) >= 11 is 1.29. The van der Waals surface area contributed by atoms with E-state index in [0.717, 1.165) is 5.56 Å². The van der Waals surface area contributed by atoms with Crippen LogP contribution in [0.25, 0.3) is 10.6 Å². The molecule has 9 nitrogen and oxygen atoms in total. The van der Waals surface area contributed by atoms with Crippen LogP contribution in [0.5, 0.6) is 11.5 Å². The van der Waals surface area contributed by atoms with Crippen molar-refractivity contribution in [2.24, 2.45) is 0 Å². The number of benzene rings is 2. The maximum atomic E-state index is 13.0. The molecule has 3 aromatic rings. The zero-order valence-corrected chi connectivity index (χ0v) is 19.8. The average Bonchev–Trinajstić information content (AvgIpc) is 3.38. The maximum absolute atomic E-state index is 13.0. The van der Waals surface area contributed by atoms with E-state index >= 15 is 0 Å². The van der Waals surface area contributed by atoms with Crippen molar-refractivity contribution in [3.63, 3.8) is 0 Å². The molecule has 3 N–H and O–H groups in total. The van der Waals surface area contributed by atoms with E-state index in [1.807, 2.05) is 54.6 Å². The second-order valence-corrected chi connectivity index (χ2v) is 8.84.